The summed E-state index contributed by atoms with van der Waals surface area (Å²) in [5.74, 6) is -0.101. The number of nitrogens with one attached hydrogen (secondary N) is 1. The van der Waals surface area contributed by atoms with E-state index in [1.807, 2.05) is 0 Å². The lowest BCUT2D eigenvalue weighted by Gasteiger charge is -2.28. The molecule has 0 spiro atoms. The van der Waals surface area contributed by atoms with Crippen molar-refractivity contribution in [1.82, 2.24) is 9.03 Å². The van der Waals surface area contributed by atoms with Gasteiger partial charge in [0.25, 0.3) is 10.2 Å². The minimum absolute atomic E-state index is 0.0680. The first kappa shape index (κ1) is 15.2. The van der Waals surface area contributed by atoms with Crippen LogP contribution in [0.5, 0.6) is 0 Å². The Hall–Kier alpha value is -0.860. The summed E-state index contributed by atoms with van der Waals surface area (Å²) in [5.41, 5.74) is 5.44. The molecule has 1 aliphatic rings. The third-order valence-corrected chi connectivity index (χ3v) is 4.69. The number of nitrogens with two attached hydrogens (primary N) is 1. The predicted molar refractivity (Wildman–Crippen MR) is 69.6 cm³/mol. The molecule has 0 heterocycles. The van der Waals surface area contributed by atoms with Gasteiger partial charge in [-0.05, 0) is 26.7 Å². The summed E-state index contributed by atoms with van der Waals surface area (Å²) < 4.78 is 28.2. The molecule has 0 aromatic rings. The minimum Gasteiger partial charge on any atom is -0.409 e. The molecule has 18 heavy (non-hydrogen) atoms. The fourth-order valence-corrected chi connectivity index (χ4v) is 3.80. The summed E-state index contributed by atoms with van der Waals surface area (Å²) in [5, 5.41) is 11.4. The molecule has 0 bridgehead atoms. The molecule has 4 N–H and O–H groups in total. The molecule has 0 aromatic heterocycles. The number of nitrogens with zero attached hydrogens (tertiary/aromatic N) is 2. The van der Waals surface area contributed by atoms with Crippen molar-refractivity contribution >= 4 is 16.0 Å². The molecule has 7 nitrogen and oxygen atoms in total. The number of hydrogen-bond donors (Lipinski definition) is 3. The van der Waals surface area contributed by atoms with E-state index in [1.54, 1.807) is 13.8 Å². The first-order valence-electron chi connectivity index (χ1n) is 6.12. The summed E-state index contributed by atoms with van der Waals surface area (Å²) in [4.78, 5) is 0. The predicted octanol–water partition coefficient (Wildman–Crippen LogP) is 0.220. The average molecular weight is 278 g/mol. The van der Waals surface area contributed by atoms with Crippen LogP contribution in [0, 0.1) is 0 Å². The third-order valence-electron chi connectivity index (χ3n) is 2.87. The Morgan fingerprint density at radius 3 is 2.50 bits per heavy atom. The van der Waals surface area contributed by atoms with Gasteiger partial charge >= 0.3 is 0 Å². The first-order valence-corrected chi connectivity index (χ1v) is 7.56. The quantitative estimate of drug-likeness (QED) is 0.279. The number of hydrogen-bond acceptors (Lipinski definition) is 4. The van der Waals surface area contributed by atoms with Gasteiger partial charge in [-0.1, -0.05) is 18.0 Å². The van der Waals surface area contributed by atoms with Crippen LogP contribution >= 0.6 is 0 Å². The summed E-state index contributed by atoms with van der Waals surface area (Å²) in [6, 6.07) is -0.257. The molecule has 0 atom stereocenters. The highest BCUT2D eigenvalue weighted by Crippen LogP contribution is 2.25. The zero-order valence-electron chi connectivity index (χ0n) is 10.8. The molecule has 0 aliphatic heterocycles. The molecule has 0 aromatic carbocycles. The second-order valence-electron chi connectivity index (χ2n) is 4.85. The van der Waals surface area contributed by atoms with Crippen LogP contribution in [0.15, 0.2) is 5.16 Å². The summed E-state index contributed by atoms with van der Waals surface area (Å²) >= 11 is 0. The molecule has 0 saturated heterocycles. The molecule has 1 aliphatic carbocycles. The zero-order valence-corrected chi connectivity index (χ0v) is 11.7. The summed E-state index contributed by atoms with van der Waals surface area (Å²) in [6.45, 7) is 3.44. The lowest BCUT2D eigenvalue weighted by Crippen LogP contribution is -2.50. The van der Waals surface area contributed by atoms with Gasteiger partial charge in [-0.15, -0.1) is 0 Å². The normalized spacial score (nSPS) is 19.0. The van der Waals surface area contributed by atoms with Gasteiger partial charge in [0, 0.05) is 12.1 Å². The first-order chi connectivity index (χ1) is 8.36. The molecule has 106 valence electrons. The van der Waals surface area contributed by atoms with Gasteiger partial charge < -0.3 is 10.9 Å². The number of rotatable bonds is 6. The lowest BCUT2D eigenvalue weighted by molar-refractivity contribution is 0.307. The molecular weight excluding hydrogens is 256 g/mol. The zero-order chi connectivity index (χ0) is 13.8. The van der Waals surface area contributed by atoms with Gasteiger partial charge in [-0.2, -0.15) is 17.4 Å². The standard InChI is InChI=1S/C10H22N4O3S/c1-8(2)13-18(16,17)14(7-10(11)12-15)9-5-3-4-6-9/h8-9,13,15H,3-7H2,1-2H3,(H2,11,12). The van der Waals surface area contributed by atoms with Crippen LogP contribution in [0.2, 0.25) is 0 Å². The van der Waals surface area contributed by atoms with E-state index in [0.717, 1.165) is 25.7 Å². The maximum atomic E-state index is 12.2. The molecule has 1 fully saturated rings. The van der Waals surface area contributed by atoms with Gasteiger partial charge in [0.2, 0.25) is 0 Å². The molecule has 0 radical (unpaired) electrons. The Bertz CT molecular complexity index is 388. The van der Waals surface area contributed by atoms with E-state index in [0.29, 0.717) is 0 Å². The molecular formula is C10H22N4O3S. The van der Waals surface area contributed by atoms with Crippen LogP contribution in [0.3, 0.4) is 0 Å². The van der Waals surface area contributed by atoms with Gasteiger partial charge in [-0.25, -0.2) is 0 Å². The highest BCUT2D eigenvalue weighted by Gasteiger charge is 2.32. The van der Waals surface area contributed by atoms with Crippen molar-refractivity contribution in [2.24, 2.45) is 10.9 Å². The van der Waals surface area contributed by atoms with Crippen molar-refractivity contribution in [3.8, 4) is 0 Å². The van der Waals surface area contributed by atoms with E-state index in [9.17, 15) is 8.42 Å². The fraction of sp³-hybridized carbons (Fsp3) is 0.900. The fourth-order valence-electron chi connectivity index (χ4n) is 2.16. The maximum absolute atomic E-state index is 12.2. The molecule has 8 heteroatoms. The summed E-state index contributed by atoms with van der Waals surface area (Å²) in [6.07, 6.45) is 3.65. The second kappa shape index (κ2) is 6.35. The van der Waals surface area contributed by atoms with Crippen molar-refractivity contribution in [1.29, 1.82) is 0 Å². The topological polar surface area (TPSA) is 108 Å². The van der Waals surface area contributed by atoms with Gasteiger partial charge in [-0.3, -0.25) is 0 Å². The van der Waals surface area contributed by atoms with E-state index < -0.39 is 10.2 Å². The third kappa shape index (κ3) is 4.11. The smallest absolute Gasteiger partial charge is 0.280 e. The lowest BCUT2D eigenvalue weighted by atomic mass is 10.2. The Balaban J connectivity index is 2.88. The Morgan fingerprint density at radius 1 is 1.50 bits per heavy atom. The van der Waals surface area contributed by atoms with Crippen molar-refractivity contribution in [2.45, 2.75) is 51.6 Å². The molecule has 0 unspecified atom stereocenters. The largest absolute Gasteiger partial charge is 0.409 e. The van der Waals surface area contributed by atoms with Crippen LogP contribution in [0.25, 0.3) is 0 Å². The van der Waals surface area contributed by atoms with Gasteiger partial charge in [0.15, 0.2) is 5.84 Å². The Morgan fingerprint density at radius 2 is 2.06 bits per heavy atom. The average Bonchev–Trinajstić information content (AvgIpc) is 2.76. The second-order valence-corrected chi connectivity index (χ2v) is 6.51. The van der Waals surface area contributed by atoms with E-state index in [-0.39, 0.29) is 24.5 Å². The van der Waals surface area contributed by atoms with E-state index in [1.165, 1.54) is 4.31 Å². The van der Waals surface area contributed by atoms with Crippen LogP contribution in [0.4, 0.5) is 0 Å². The van der Waals surface area contributed by atoms with Gasteiger partial charge in [0.05, 0.1) is 6.54 Å². The van der Waals surface area contributed by atoms with Crippen molar-refractivity contribution in [3.05, 3.63) is 0 Å². The van der Waals surface area contributed by atoms with Crippen molar-refractivity contribution in [2.75, 3.05) is 6.54 Å². The molecule has 1 rings (SSSR count). The van der Waals surface area contributed by atoms with Crippen LogP contribution in [-0.2, 0) is 10.2 Å². The highest BCUT2D eigenvalue weighted by molar-refractivity contribution is 7.87. The number of amidine groups is 1. The monoisotopic (exact) mass is 278 g/mol. The van der Waals surface area contributed by atoms with Gasteiger partial charge in [0.1, 0.15) is 0 Å². The van der Waals surface area contributed by atoms with Crippen molar-refractivity contribution in [3.63, 3.8) is 0 Å². The summed E-state index contributed by atoms with van der Waals surface area (Å²) in [7, 11) is -3.60. The molecule has 0 amide bonds. The Kier molecular flexibility index (Phi) is 5.36. The molecule has 1 saturated carbocycles. The van der Waals surface area contributed by atoms with E-state index in [2.05, 4.69) is 9.88 Å². The minimum atomic E-state index is -3.60. The Labute approximate surface area is 108 Å². The van der Waals surface area contributed by atoms with E-state index >= 15 is 0 Å². The van der Waals surface area contributed by atoms with Crippen LogP contribution in [0.1, 0.15) is 39.5 Å². The SMILES string of the molecule is CC(C)NS(=O)(=O)N(CC(N)=NO)C1CCCC1. The van der Waals surface area contributed by atoms with Crippen molar-refractivity contribution < 1.29 is 13.6 Å². The van der Waals surface area contributed by atoms with Crippen LogP contribution < -0.4 is 10.5 Å². The maximum Gasteiger partial charge on any atom is 0.280 e. The number of oxime groups is 1. The van der Waals surface area contributed by atoms with E-state index in [4.69, 9.17) is 10.9 Å². The van der Waals surface area contributed by atoms with Crippen LogP contribution in [-0.4, -0.2) is 42.4 Å². The highest BCUT2D eigenvalue weighted by atomic mass is 32.2.